The first-order chi connectivity index (χ1) is 10.3. The Kier molecular flexibility index (Phi) is 3.05. The van der Waals surface area contributed by atoms with Gasteiger partial charge in [0.15, 0.2) is 0 Å². The fourth-order valence-corrected chi connectivity index (χ4v) is 3.08. The molecule has 2 aromatic rings. The first-order valence-corrected chi connectivity index (χ1v) is 7.69. The maximum Gasteiger partial charge on any atom is 0.223 e. The minimum atomic E-state index is 0.232. The molecule has 2 fully saturated rings. The van der Waals surface area contributed by atoms with Gasteiger partial charge in [-0.25, -0.2) is 4.98 Å². The summed E-state index contributed by atoms with van der Waals surface area (Å²) in [7, 11) is 0. The zero-order valence-corrected chi connectivity index (χ0v) is 11.9. The highest BCUT2D eigenvalue weighted by Gasteiger charge is 2.32. The van der Waals surface area contributed by atoms with Crippen LogP contribution in [-0.4, -0.2) is 30.0 Å². The third-order valence-corrected chi connectivity index (χ3v) is 4.37. The van der Waals surface area contributed by atoms with E-state index in [1.165, 1.54) is 0 Å². The number of amides is 1. The molecule has 0 aromatic carbocycles. The molecule has 21 heavy (non-hydrogen) atoms. The summed E-state index contributed by atoms with van der Waals surface area (Å²) in [5, 5.41) is 4.24. The fraction of sp³-hybridized carbons (Fsp3) is 0.500. The minimum Gasteiger partial charge on any atom is -0.464 e. The van der Waals surface area contributed by atoms with Crippen molar-refractivity contribution in [3.05, 3.63) is 24.6 Å². The van der Waals surface area contributed by atoms with Crippen LogP contribution in [0.25, 0.3) is 11.0 Å². The molecule has 3 heterocycles. The largest absolute Gasteiger partial charge is 0.464 e. The second kappa shape index (κ2) is 5.06. The fourth-order valence-electron chi connectivity index (χ4n) is 3.08. The quantitative estimate of drug-likeness (QED) is 0.940. The van der Waals surface area contributed by atoms with Crippen molar-refractivity contribution in [2.24, 2.45) is 5.92 Å². The normalized spacial score (nSPS) is 22.5. The second-order valence-corrected chi connectivity index (χ2v) is 6.04. The Balaban J connectivity index is 1.52. The van der Waals surface area contributed by atoms with Crippen LogP contribution in [0.3, 0.4) is 0 Å². The maximum absolute atomic E-state index is 11.9. The minimum absolute atomic E-state index is 0.232. The van der Waals surface area contributed by atoms with Crippen LogP contribution in [-0.2, 0) is 4.79 Å². The number of nitrogens with one attached hydrogen (secondary N) is 1. The molecule has 0 radical (unpaired) electrons. The van der Waals surface area contributed by atoms with E-state index in [-0.39, 0.29) is 17.9 Å². The molecule has 1 unspecified atom stereocenters. The van der Waals surface area contributed by atoms with E-state index in [9.17, 15) is 4.79 Å². The Labute approximate surface area is 123 Å². The van der Waals surface area contributed by atoms with Gasteiger partial charge in [0.2, 0.25) is 5.91 Å². The molecule has 5 nitrogen and oxygen atoms in total. The van der Waals surface area contributed by atoms with Gasteiger partial charge in [0.1, 0.15) is 11.4 Å². The van der Waals surface area contributed by atoms with Gasteiger partial charge >= 0.3 is 0 Å². The van der Waals surface area contributed by atoms with Gasteiger partial charge in [-0.15, -0.1) is 0 Å². The third kappa shape index (κ3) is 2.48. The Hall–Kier alpha value is -2.04. The average molecular weight is 285 g/mol. The first-order valence-electron chi connectivity index (χ1n) is 7.69. The molecule has 2 aliphatic rings. The van der Waals surface area contributed by atoms with Crippen molar-refractivity contribution >= 4 is 22.7 Å². The molecule has 0 bridgehead atoms. The molecule has 1 saturated heterocycles. The lowest BCUT2D eigenvalue weighted by atomic mass is 10.0. The van der Waals surface area contributed by atoms with Crippen molar-refractivity contribution in [1.82, 2.24) is 10.3 Å². The molecule has 0 spiro atoms. The lowest BCUT2D eigenvalue weighted by Gasteiger charge is -2.34. The van der Waals surface area contributed by atoms with E-state index < -0.39 is 0 Å². The zero-order chi connectivity index (χ0) is 14.2. The summed E-state index contributed by atoms with van der Waals surface area (Å²) < 4.78 is 5.44. The van der Waals surface area contributed by atoms with Crippen LogP contribution in [0, 0.1) is 5.92 Å². The van der Waals surface area contributed by atoms with Gasteiger partial charge in [-0.2, -0.15) is 0 Å². The Morgan fingerprint density at radius 2 is 2.24 bits per heavy atom. The smallest absolute Gasteiger partial charge is 0.223 e. The lowest BCUT2D eigenvalue weighted by molar-refractivity contribution is -0.123. The standard InChI is InChI=1S/C16H19N3O2/c20-16(11-3-4-11)18-12-2-1-8-19(10-12)15-13-6-9-21-14(13)5-7-17-15/h5-7,9,11-12H,1-4,8,10H2,(H,18,20). The van der Waals surface area contributed by atoms with E-state index in [1.807, 2.05) is 12.1 Å². The van der Waals surface area contributed by atoms with Gasteiger partial charge in [0.05, 0.1) is 11.6 Å². The number of fused-ring (bicyclic) bond motifs is 1. The number of pyridine rings is 1. The molecule has 2 aromatic heterocycles. The van der Waals surface area contributed by atoms with E-state index in [4.69, 9.17) is 4.42 Å². The number of rotatable bonds is 3. The van der Waals surface area contributed by atoms with Crippen LogP contribution in [0.2, 0.25) is 0 Å². The van der Waals surface area contributed by atoms with E-state index in [0.29, 0.717) is 0 Å². The van der Waals surface area contributed by atoms with Gasteiger partial charge in [-0.3, -0.25) is 4.79 Å². The molecular formula is C16H19N3O2. The lowest BCUT2D eigenvalue weighted by Crippen LogP contribution is -2.48. The summed E-state index contributed by atoms with van der Waals surface area (Å²) in [6.07, 6.45) is 7.72. The Morgan fingerprint density at radius 3 is 3.10 bits per heavy atom. The highest BCUT2D eigenvalue weighted by Crippen LogP contribution is 2.30. The molecule has 4 rings (SSSR count). The summed E-state index contributed by atoms with van der Waals surface area (Å²) in [6.45, 7) is 1.81. The first kappa shape index (κ1) is 12.7. The number of hydrogen-bond donors (Lipinski definition) is 1. The summed E-state index contributed by atoms with van der Waals surface area (Å²) in [6, 6.07) is 4.08. The molecule has 1 aliphatic carbocycles. The SMILES string of the molecule is O=C(NC1CCCN(c2nccc3occc23)C1)C1CC1. The molecule has 1 N–H and O–H groups in total. The van der Waals surface area contributed by atoms with Crippen LogP contribution in [0.1, 0.15) is 25.7 Å². The number of nitrogens with zero attached hydrogens (tertiary/aromatic N) is 2. The topological polar surface area (TPSA) is 58.4 Å². The van der Waals surface area contributed by atoms with Crippen LogP contribution >= 0.6 is 0 Å². The van der Waals surface area contributed by atoms with Gasteiger partial charge < -0.3 is 14.6 Å². The van der Waals surface area contributed by atoms with Crippen molar-refractivity contribution in [2.45, 2.75) is 31.7 Å². The van der Waals surface area contributed by atoms with Gasteiger partial charge in [0.25, 0.3) is 0 Å². The molecule has 1 aliphatic heterocycles. The second-order valence-electron chi connectivity index (χ2n) is 6.04. The molecule has 1 atom stereocenters. The van der Waals surface area contributed by atoms with Gasteiger partial charge in [-0.05, 0) is 37.8 Å². The summed E-state index contributed by atoms with van der Waals surface area (Å²) in [5.41, 5.74) is 0.865. The summed E-state index contributed by atoms with van der Waals surface area (Å²) in [5.74, 6) is 1.47. The number of piperidine rings is 1. The van der Waals surface area contributed by atoms with Crippen molar-refractivity contribution in [3.63, 3.8) is 0 Å². The number of hydrogen-bond acceptors (Lipinski definition) is 4. The molecule has 110 valence electrons. The van der Waals surface area contributed by atoms with Crippen molar-refractivity contribution in [2.75, 3.05) is 18.0 Å². The monoisotopic (exact) mass is 285 g/mol. The van der Waals surface area contributed by atoms with Gasteiger partial charge in [-0.1, -0.05) is 0 Å². The van der Waals surface area contributed by atoms with Crippen molar-refractivity contribution in [1.29, 1.82) is 0 Å². The average Bonchev–Trinajstić information content (AvgIpc) is 3.25. The predicted octanol–water partition coefficient (Wildman–Crippen LogP) is 2.32. The Morgan fingerprint density at radius 1 is 1.33 bits per heavy atom. The molecule has 5 heteroatoms. The van der Waals surface area contributed by atoms with E-state index in [0.717, 1.165) is 55.6 Å². The number of anilines is 1. The zero-order valence-electron chi connectivity index (χ0n) is 11.9. The van der Waals surface area contributed by atoms with E-state index >= 15 is 0 Å². The maximum atomic E-state index is 11.9. The molecular weight excluding hydrogens is 266 g/mol. The van der Waals surface area contributed by atoms with Crippen LogP contribution < -0.4 is 10.2 Å². The molecule has 1 amide bonds. The third-order valence-electron chi connectivity index (χ3n) is 4.37. The van der Waals surface area contributed by atoms with E-state index in [2.05, 4.69) is 15.2 Å². The number of carbonyl (C=O) groups is 1. The number of carbonyl (C=O) groups excluding carboxylic acids is 1. The van der Waals surface area contributed by atoms with E-state index in [1.54, 1.807) is 12.5 Å². The predicted molar refractivity (Wildman–Crippen MR) is 80.1 cm³/mol. The van der Waals surface area contributed by atoms with Gasteiger partial charge in [0, 0.05) is 31.2 Å². The molecule has 1 saturated carbocycles. The number of furan rings is 1. The van der Waals surface area contributed by atoms with Crippen molar-refractivity contribution < 1.29 is 9.21 Å². The van der Waals surface area contributed by atoms with Crippen LogP contribution in [0.4, 0.5) is 5.82 Å². The van der Waals surface area contributed by atoms with Crippen LogP contribution in [0.5, 0.6) is 0 Å². The van der Waals surface area contributed by atoms with Crippen LogP contribution in [0.15, 0.2) is 29.0 Å². The number of aromatic nitrogens is 1. The highest BCUT2D eigenvalue weighted by atomic mass is 16.3. The highest BCUT2D eigenvalue weighted by molar-refractivity contribution is 5.88. The summed E-state index contributed by atoms with van der Waals surface area (Å²) >= 11 is 0. The summed E-state index contributed by atoms with van der Waals surface area (Å²) in [4.78, 5) is 18.7. The Bertz CT molecular complexity index is 662. The van der Waals surface area contributed by atoms with Crippen molar-refractivity contribution in [3.8, 4) is 0 Å².